The highest BCUT2D eigenvalue weighted by atomic mass is 32.1. The molecule has 1 aromatic rings. The number of hydrogen-bond donors (Lipinski definition) is 1. The lowest BCUT2D eigenvalue weighted by atomic mass is 10.1. The van der Waals surface area contributed by atoms with Crippen molar-refractivity contribution >= 4 is 35.0 Å². The highest BCUT2D eigenvalue weighted by molar-refractivity contribution is 7.81. The summed E-state index contributed by atoms with van der Waals surface area (Å²) >= 11 is 4.88. The molecule has 8 heteroatoms. The van der Waals surface area contributed by atoms with Gasteiger partial charge in [-0.05, 0) is 79.8 Å². The molecule has 0 spiro atoms. The third-order valence-corrected chi connectivity index (χ3v) is 17.1. The Morgan fingerprint density at radius 2 is 1.13 bits per heavy atom. The van der Waals surface area contributed by atoms with Crippen molar-refractivity contribution < 1.29 is 18.3 Å². The second-order valence-corrected chi connectivity index (χ2v) is 25.4. The van der Waals surface area contributed by atoms with Gasteiger partial charge in [-0.25, -0.2) is 0 Å². The summed E-state index contributed by atoms with van der Waals surface area (Å²) in [5, 5.41) is 0.332. The highest BCUT2D eigenvalue weighted by Gasteiger charge is 2.38. The van der Waals surface area contributed by atoms with E-state index in [9.17, 15) is 0 Å². The van der Waals surface area contributed by atoms with Crippen LogP contribution in [0.25, 0.3) is 0 Å². The average molecular weight is 600 g/mol. The van der Waals surface area contributed by atoms with E-state index < -0.39 is 16.6 Å². The van der Waals surface area contributed by atoms with E-state index in [-0.39, 0.29) is 14.8 Å². The maximum atomic E-state index is 6.65. The molecule has 1 aromatic carbocycles. The summed E-state index contributed by atoms with van der Waals surface area (Å²) in [5.41, 5.74) is 3.57. The van der Waals surface area contributed by atoms with E-state index >= 15 is 0 Å². The van der Waals surface area contributed by atoms with Gasteiger partial charge in [-0.2, -0.15) is 12.6 Å². The van der Waals surface area contributed by atoms with Crippen molar-refractivity contribution in [2.24, 2.45) is 0 Å². The van der Waals surface area contributed by atoms with Crippen molar-refractivity contribution in [3.8, 4) is 0 Å². The van der Waals surface area contributed by atoms with Gasteiger partial charge in [0.1, 0.15) is 0 Å². The van der Waals surface area contributed by atoms with Crippen LogP contribution in [0.5, 0.6) is 0 Å². The number of hydrogen-bond acceptors (Lipinski definition) is 6. The van der Waals surface area contributed by atoms with Crippen LogP contribution in [-0.2, 0) is 31.5 Å². The Kier molecular flexibility index (Phi) is 14.3. The molecule has 0 heterocycles. The third-order valence-electron chi connectivity index (χ3n) is 8.02. The smallest absolute Gasteiger partial charge is 0.192 e. The second-order valence-electron chi connectivity index (χ2n) is 14.6. The number of nitrogens with zero attached hydrogens (tertiary/aromatic N) is 1. The molecular formula is C31H61NO4SSi2. The first-order valence-electron chi connectivity index (χ1n) is 14.7. The number of ether oxygens (including phenoxy) is 2. The van der Waals surface area contributed by atoms with Crippen LogP contribution < -0.4 is 4.90 Å². The Balaban J connectivity index is 3.24. The zero-order valence-electron chi connectivity index (χ0n) is 27.6. The van der Waals surface area contributed by atoms with Gasteiger partial charge >= 0.3 is 0 Å². The van der Waals surface area contributed by atoms with Gasteiger partial charge in [0.05, 0.1) is 33.0 Å². The van der Waals surface area contributed by atoms with Gasteiger partial charge in [-0.3, -0.25) is 0 Å². The number of thiol groups is 1. The summed E-state index contributed by atoms with van der Waals surface area (Å²) in [4.78, 5) is 2.39. The SMILES string of the molecule is CCCOCCOCCN(CC(C)(C)S)c1cc(CO[Si](C)(C)C(C)(C)C)cc(CO[Si](C)(C)C(C)(C)C)c1. The molecule has 0 unspecified atom stereocenters. The van der Waals surface area contributed by atoms with Gasteiger partial charge in [0, 0.05) is 30.1 Å². The van der Waals surface area contributed by atoms with Crippen LogP contribution in [0.1, 0.15) is 79.9 Å². The van der Waals surface area contributed by atoms with E-state index in [0.29, 0.717) is 33.0 Å². The highest BCUT2D eigenvalue weighted by Crippen LogP contribution is 2.38. The van der Waals surface area contributed by atoms with Crippen LogP contribution in [0.15, 0.2) is 18.2 Å². The quantitative estimate of drug-likeness (QED) is 0.110. The molecule has 0 saturated heterocycles. The number of benzene rings is 1. The van der Waals surface area contributed by atoms with Gasteiger partial charge in [0.2, 0.25) is 0 Å². The van der Waals surface area contributed by atoms with Crippen LogP contribution in [0, 0.1) is 0 Å². The summed E-state index contributed by atoms with van der Waals surface area (Å²) < 4.78 is 24.7. The maximum absolute atomic E-state index is 6.65. The van der Waals surface area contributed by atoms with Gasteiger partial charge in [-0.1, -0.05) is 54.5 Å². The Bertz CT molecular complexity index is 809. The molecule has 228 valence electrons. The minimum atomic E-state index is -1.88. The molecule has 0 amide bonds. The molecule has 39 heavy (non-hydrogen) atoms. The Hall–Kier alpha value is -0.356. The molecule has 0 aliphatic heterocycles. The van der Waals surface area contributed by atoms with Crippen LogP contribution in [-0.4, -0.2) is 60.9 Å². The van der Waals surface area contributed by atoms with E-state index in [1.54, 1.807) is 0 Å². The van der Waals surface area contributed by atoms with Gasteiger partial charge in [-0.15, -0.1) is 0 Å². The molecular weight excluding hydrogens is 539 g/mol. The van der Waals surface area contributed by atoms with Crippen molar-refractivity contribution in [3.63, 3.8) is 0 Å². The molecule has 1 rings (SSSR count). The third kappa shape index (κ3) is 13.4. The monoisotopic (exact) mass is 599 g/mol. The summed E-state index contributed by atoms with van der Waals surface area (Å²) in [6.07, 6.45) is 1.03. The van der Waals surface area contributed by atoms with Gasteiger partial charge in [0.15, 0.2) is 16.6 Å². The lowest BCUT2D eigenvalue weighted by molar-refractivity contribution is 0.0505. The topological polar surface area (TPSA) is 40.2 Å². The fourth-order valence-corrected chi connectivity index (χ4v) is 5.55. The lowest BCUT2D eigenvalue weighted by Crippen LogP contribution is -2.41. The Morgan fingerprint density at radius 3 is 1.51 bits per heavy atom. The first-order chi connectivity index (χ1) is 17.7. The predicted molar refractivity (Wildman–Crippen MR) is 178 cm³/mol. The normalized spacial score (nSPS) is 13.7. The molecule has 0 fully saturated rings. The lowest BCUT2D eigenvalue weighted by Gasteiger charge is -2.37. The molecule has 0 bridgehead atoms. The molecule has 0 aliphatic carbocycles. The van der Waals surface area contributed by atoms with Gasteiger partial charge < -0.3 is 23.2 Å². The zero-order valence-corrected chi connectivity index (χ0v) is 30.5. The number of anilines is 1. The summed E-state index contributed by atoms with van der Waals surface area (Å²) in [6.45, 7) is 34.9. The van der Waals surface area contributed by atoms with Crippen molar-refractivity contribution in [2.75, 3.05) is 44.4 Å². The summed E-state index contributed by atoms with van der Waals surface area (Å²) in [7, 11) is -3.77. The minimum Gasteiger partial charge on any atom is -0.413 e. The predicted octanol–water partition coefficient (Wildman–Crippen LogP) is 8.69. The van der Waals surface area contributed by atoms with Crippen LogP contribution in [0.3, 0.4) is 0 Å². The Morgan fingerprint density at radius 1 is 0.692 bits per heavy atom. The summed E-state index contributed by atoms with van der Waals surface area (Å²) in [5.74, 6) is 0. The molecule has 0 saturated carbocycles. The first kappa shape index (κ1) is 36.7. The first-order valence-corrected chi connectivity index (χ1v) is 21.0. The zero-order chi connectivity index (χ0) is 30.1. The molecule has 0 radical (unpaired) electrons. The molecule has 0 N–H and O–H groups in total. The fraction of sp³-hybridized carbons (Fsp3) is 0.806. The van der Waals surface area contributed by atoms with Crippen LogP contribution in [0.2, 0.25) is 36.3 Å². The van der Waals surface area contributed by atoms with Crippen molar-refractivity contribution in [2.45, 2.75) is 123 Å². The van der Waals surface area contributed by atoms with E-state index in [1.165, 1.54) is 16.8 Å². The second kappa shape index (κ2) is 15.2. The van der Waals surface area contributed by atoms with E-state index in [1.807, 2.05) is 0 Å². The van der Waals surface area contributed by atoms with Crippen molar-refractivity contribution in [1.29, 1.82) is 0 Å². The fourth-order valence-electron chi connectivity index (χ4n) is 3.46. The maximum Gasteiger partial charge on any atom is 0.192 e. The largest absolute Gasteiger partial charge is 0.413 e. The van der Waals surface area contributed by atoms with E-state index in [4.69, 9.17) is 31.0 Å². The van der Waals surface area contributed by atoms with Gasteiger partial charge in [0.25, 0.3) is 0 Å². The van der Waals surface area contributed by atoms with Crippen LogP contribution >= 0.6 is 12.6 Å². The van der Waals surface area contributed by atoms with E-state index in [2.05, 4.69) is 112 Å². The number of rotatable bonds is 17. The summed E-state index contributed by atoms with van der Waals surface area (Å²) in [6, 6.07) is 6.84. The molecule has 0 atom stereocenters. The minimum absolute atomic E-state index is 0.157. The standard InChI is InChI=1S/C31H61NO4SSi2/c1-14-16-33-18-19-34-17-15-32(25-31(8,9)37)28-21-26(23-35-38(10,11)29(2,3)4)20-27(22-28)24-36-39(12,13)30(5,6)7/h20-22,37H,14-19,23-25H2,1-13H3. The van der Waals surface area contributed by atoms with Crippen LogP contribution in [0.4, 0.5) is 5.69 Å². The van der Waals surface area contributed by atoms with Crippen molar-refractivity contribution in [3.05, 3.63) is 29.3 Å². The van der Waals surface area contributed by atoms with Crippen molar-refractivity contribution in [1.82, 2.24) is 0 Å². The molecule has 0 aromatic heterocycles. The average Bonchev–Trinajstić information content (AvgIpc) is 2.78. The Labute approximate surface area is 249 Å². The molecule has 0 aliphatic rings. The molecule has 5 nitrogen and oxygen atoms in total. The van der Waals surface area contributed by atoms with E-state index in [0.717, 1.165) is 26.1 Å².